The summed E-state index contributed by atoms with van der Waals surface area (Å²) in [6, 6.07) is 3.75. The fourth-order valence-corrected chi connectivity index (χ4v) is 1.31. The van der Waals surface area contributed by atoms with E-state index >= 15 is 0 Å². The van der Waals surface area contributed by atoms with Gasteiger partial charge < -0.3 is 5.32 Å². The zero-order chi connectivity index (χ0) is 12.2. The number of hydrogen-bond donors (Lipinski definition) is 1. The Morgan fingerprint density at radius 3 is 2.56 bits per heavy atom. The fourth-order valence-electron chi connectivity index (χ4n) is 1.19. The largest absolute Gasteiger partial charge is 0.349 e. The summed E-state index contributed by atoms with van der Waals surface area (Å²) in [5.41, 5.74) is 0.497. The first-order valence-electron chi connectivity index (χ1n) is 5.24. The molecule has 0 aliphatic rings. The van der Waals surface area contributed by atoms with Gasteiger partial charge in [-0.25, -0.2) is 0 Å². The number of alkyl halides is 1. The molecule has 0 radical (unpaired) electrons. The van der Waals surface area contributed by atoms with Gasteiger partial charge in [0.05, 0.1) is 11.5 Å². The van der Waals surface area contributed by atoms with Crippen LogP contribution in [0.15, 0.2) is 24.5 Å². The van der Waals surface area contributed by atoms with Crippen molar-refractivity contribution in [3.8, 4) is 0 Å². The van der Waals surface area contributed by atoms with Gasteiger partial charge in [0.2, 0.25) is 5.91 Å². The molecule has 0 spiro atoms. The molecule has 1 aromatic rings. The van der Waals surface area contributed by atoms with Gasteiger partial charge >= 0.3 is 0 Å². The van der Waals surface area contributed by atoms with Crippen LogP contribution in [0, 0.1) is 5.41 Å². The molecule has 16 heavy (non-hydrogen) atoms. The Morgan fingerprint density at radius 1 is 1.50 bits per heavy atom. The molecule has 0 bridgehead atoms. The van der Waals surface area contributed by atoms with Crippen LogP contribution < -0.4 is 5.32 Å². The first-order chi connectivity index (χ1) is 7.47. The molecule has 1 aromatic heterocycles. The van der Waals surface area contributed by atoms with Crippen molar-refractivity contribution in [2.24, 2.45) is 5.41 Å². The SMILES string of the molecule is CC(NC(=O)C(C)(C)CCl)c1ccncc1. The van der Waals surface area contributed by atoms with E-state index in [0.29, 0.717) is 5.88 Å². The van der Waals surface area contributed by atoms with Crippen molar-refractivity contribution in [3.05, 3.63) is 30.1 Å². The highest BCUT2D eigenvalue weighted by molar-refractivity contribution is 6.19. The van der Waals surface area contributed by atoms with Crippen molar-refractivity contribution in [2.45, 2.75) is 26.8 Å². The number of carbonyl (C=O) groups is 1. The Hall–Kier alpha value is -1.09. The first-order valence-corrected chi connectivity index (χ1v) is 5.77. The van der Waals surface area contributed by atoms with Gasteiger partial charge in [-0.1, -0.05) is 0 Å². The minimum Gasteiger partial charge on any atom is -0.349 e. The van der Waals surface area contributed by atoms with Crippen LogP contribution >= 0.6 is 11.6 Å². The minimum atomic E-state index is -0.539. The van der Waals surface area contributed by atoms with Crippen molar-refractivity contribution in [3.63, 3.8) is 0 Å². The number of aromatic nitrogens is 1. The van der Waals surface area contributed by atoms with E-state index in [1.807, 2.05) is 32.9 Å². The normalized spacial score (nSPS) is 13.2. The lowest BCUT2D eigenvalue weighted by molar-refractivity contribution is -0.129. The van der Waals surface area contributed by atoms with Crippen molar-refractivity contribution < 1.29 is 4.79 Å². The average molecular weight is 241 g/mol. The summed E-state index contributed by atoms with van der Waals surface area (Å²) in [5.74, 6) is 0.272. The van der Waals surface area contributed by atoms with Crippen LogP contribution in [0.25, 0.3) is 0 Å². The molecular formula is C12H17ClN2O. The van der Waals surface area contributed by atoms with Gasteiger partial charge in [0.25, 0.3) is 0 Å². The van der Waals surface area contributed by atoms with Gasteiger partial charge in [-0.3, -0.25) is 9.78 Å². The summed E-state index contributed by atoms with van der Waals surface area (Å²) in [5, 5.41) is 2.94. The molecule has 0 saturated heterocycles. The van der Waals surface area contributed by atoms with E-state index in [1.165, 1.54) is 0 Å². The highest BCUT2D eigenvalue weighted by atomic mass is 35.5. The summed E-state index contributed by atoms with van der Waals surface area (Å²) in [6.07, 6.45) is 3.43. The second kappa shape index (κ2) is 5.30. The van der Waals surface area contributed by atoms with Gasteiger partial charge in [0, 0.05) is 18.3 Å². The van der Waals surface area contributed by atoms with Crippen LogP contribution in [-0.4, -0.2) is 16.8 Å². The number of hydrogen-bond acceptors (Lipinski definition) is 2. The summed E-state index contributed by atoms with van der Waals surface area (Å²) >= 11 is 5.75. The van der Waals surface area contributed by atoms with E-state index in [9.17, 15) is 4.79 Å². The van der Waals surface area contributed by atoms with E-state index in [1.54, 1.807) is 12.4 Å². The summed E-state index contributed by atoms with van der Waals surface area (Å²) in [6.45, 7) is 5.60. The number of rotatable bonds is 4. The standard InChI is InChI=1S/C12H17ClN2O/c1-9(10-4-6-14-7-5-10)15-11(16)12(2,3)8-13/h4-7,9H,8H2,1-3H3,(H,15,16). The lowest BCUT2D eigenvalue weighted by Crippen LogP contribution is -2.39. The maximum absolute atomic E-state index is 11.9. The topological polar surface area (TPSA) is 42.0 Å². The van der Waals surface area contributed by atoms with Crippen LogP contribution in [0.1, 0.15) is 32.4 Å². The molecule has 3 nitrogen and oxygen atoms in total. The lowest BCUT2D eigenvalue weighted by atomic mass is 9.94. The molecule has 88 valence electrons. The summed E-state index contributed by atoms with van der Waals surface area (Å²) in [7, 11) is 0. The van der Waals surface area contributed by atoms with E-state index in [2.05, 4.69) is 10.3 Å². The van der Waals surface area contributed by atoms with Crippen LogP contribution in [0.3, 0.4) is 0 Å². The predicted octanol–water partition coefficient (Wildman–Crippen LogP) is 2.52. The third-order valence-corrected chi connectivity index (χ3v) is 3.17. The molecule has 1 amide bonds. The lowest BCUT2D eigenvalue weighted by Gasteiger charge is -2.23. The van der Waals surface area contributed by atoms with Crippen molar-refractivity contribution in [1.29, 1.82) is 0 Å². The third-order valence-electron chi connectivity index (χ3n) is 2.50. The zero-order valence-electron chi connectivity index (χ0n) is 9.83. The molecule has 1 heterocycles. The maximum Gasteiger partial charge on any atom is 0.227 e. The second-order valence-corrected chi connectivity index (χ2v) is 4.76. The number of pyridine rings is 1. The number of carbonyl (C=O) groups excluding carboxylic acids is 1. The molecule has 0 fully saturated rings. The van der Waals surface area contributed by atoms with Gasteiger partial charge in [-0.2, -0.15) is 0 Å². The van der Waals surface area contributed by atoms with Gasteiger partial charge in [0.1, 0.15) is 0 Å². The van der Waals surface area contributed by atoms with Crippen molar-refractivity contribution in [1.82, 2.24) is 10.3 Å². The Bertz CT molecular complexity index is 351. The minimum absolute atomic E-state index is 0.0296. The third kappa shape index (κ3) is 3.20. The molecule has 0 aliphatic heterocycles. The second-order valence-electron chi connectivity index (χ2n) is 4.49. The zero-order valence-corrected chi connectivity index (χ0v) is 10.6. The van der Waals surface area contributed by atoms with E-state index < -0.39 is 5.41 Å². The molecule has 1 atom stereocenters. The highest BCUT2D eigenvalue weighted by Gasteiger charge is 2.27. The highest BCUT2D eigenvalue weighted by Crippen LogP contribution is 2.19. The van der Waals surface area contributed by atoms with Crippen molar-refractivity contribution >= 4 is 17.5 Å². The Kier molecular flexibility index (Phi) is 4.30. The number of nitrogens with zero attached hydrogens (tertiary/aromatic N) is 1. The van der Waals surface area contributed by atoms with Crippen LogP contribution in [0.4, 0.5) is 0 Å². The quantitative estimate of drug-likeness (QED) is 0.822. The molecule has 1 rings (SSSR count). The number of halogens is 1. The number of amides is 1. The van der Waals surface area contributed by atoms with Gasteiger partial charge in [-0.05, 0) is 38.5 Å². The molecule has 0 saturated carbocycles. The maximum atomic E-state index is 11.9. The molecule has 1 N–H and O–H groups in total. The van der Waals surface area contributed by atoms with E-state index in [0.717, 1.165) is 5.56 Å². The Morgan fingerprint density at radius 2 is 2.06 bits per heavy atom. The average Bonchev–Trinajstić information content (AvgIpc) is 2.30. The summed E-state index contributed by atoms with van der Waals surface area (Å²) < 4.78 is 0. The summed E-state index contributed by atoms with van der Waals surface area (Å²) in [4.78, 5) is 15.8. The van der Waals surface area contributed by atoms with Gasteiger partial charge in [-0.15, -0.1) is 11.6 Å². The number of nitrogens with one attached hydrogen (secondary N) is 1. The van der Waals surface area contributed by atoms with E-state index in [-0.39, 0.29) is 11.9 Å². The first kappa shape index (κ1) is 13.0. The molecular weight excluding hydrogens is 224 g/mol. The van der Waals surface area contributed by atoms with Crippen LogP contribution in [-0.2, 0) is 4.79 Å². The Balaban J connectivity index is 2.66. The predicted molar refractivity (Wildman–Crippen MR) is 65.3 cm³/mol. The molecule has 4 heteroatoms. The van der Waals surface area contributed by atoms with Crippen LogP contribution in [0.2, 0.25) is 0 Å². The van der Waals surface area contributed by atoms with Gasteiger partial charge in [0.15, 0.2) is 0 Å². The molecule has 0 aliphatic carbocycles. The van der Waals surface area contributed by atoms with Crippen LogP contribution in [0.5, 0.6) is 0 Å². The monoisotopic (exact) mass is 240 g/mol. The molecule has 0 aromatic carbocycles. The Labute approximate surface area is 101 Å². The smallest absolute Gasteiger partial charge is 0.227 e. The van der Waals surface area contributed by atoms with Crippen molar-refractivity contribution in [2.75, 3.05) is 5.88 Å². The fraction of sp³-hybridized carbons (Fsp3) is 0.500. The molecule has 1 unspecified atom stereocenters. The van der Waals surface area contributed by atoms with E-state index in [4.69, 9.17) is 11.6 Å².